The first kappa shape index (κ1) is 10.8. The Morgan fingerprint density at radius 2 is 1.84 bits per heavy atom. The van der Waals surface area contributed by atoms with Gasteiger partial charge < -0.3 is 0 Å². The molecule has 3 nitrogen and oxygen atoms in total. The largest absolute Gasteiger partial charge is 0.280 e. The average molecular weight is 268 g/mol. The van der Waals surface area contributed by atoms with Gasteiger partial charge in [0.05, 0.1) is 16.6 Å². The monoisotopic (exact) mass is 267 g/mol. The Hall–Kier alpha value is -2.13. The summed E-state index contributed by atoms with van der Waals surface area (Å²) < 4.78 is 2.08. The summed E-state index contributed by atoms with van der Waals surface area (Å²) in [6, 6.07) is 13.8. The average Bonchev–Trinajstić information content (AvgIpc) is 2.80. The van der Waals surface area contributed by atoms with Crippen molar-refractivity contribution >= 4 is 39.2 Å². The van der Waals surface area contributed by atoms with Crippen LogP contribution in [-0.4, -0.2) is 14.4 Å². The van der Waals surface area contributed by atoms with Crippen molar-refractivity contribution in [1.29, 1.82) is 0 Å². The summed E-state index contributed by atoms with van der Waals surface area (Å²) in [5.41, 5.74) is 3.88. The Morgan fingerprint density at radius 1 is 1.00 bits per heavy atom. The van der Waals surface area contributed by atoms with Crippen LogP contribution in [0.15, 0.2) is 42.5 Å². The Labute approximate surface area is 114 Å². The zero-order valence-corrected chi connectivity index (χ0v) is 11.0. The highest BCUT2D eigenvalue weighted by molar-refractivity contribution is 6.31. The number of imidazole rings is 1. The molecule has 4 heteroatoms. The fourth-order valence-corrected chi connectivity index (χ4v) is 2.72. The maximum Gasteiger partial charge on any atom is 0.148 e. The zero-order valence-electron chi connectivity index (χ0n) is 10.3. The van der Waals surface area contributed by atoms with E-state index >= 15 is 0 Å². The molecule has 4 aromatic rings. The second kappa shape index (κ2) is 3.68. The molecule has 19 heavy (non-hydrogen) atoms. The summed E-state index contributed by atoms with van der Waals surface area (Å²) in [5, 5.41) is 1.68. The van der Waals surface area contributed by atoms with Crippen LogP contribution in [0.2, 0.25) is 5.02 Å². The van der Waals surface area contributed by atoms with Crippen molar-refractivity contribution in [3.63, 3.8) is 0 Å². The predicted molar refractivity (Wildman–Crippen MR) is 77.7 cm³/mol. The number of benzene rings is 2. The number of fused-ring (bicyclic) bond motifs is 5. The number of para-hydroxylation sites is 2. The number of aromatic nitrogens is 3. The quantitative estimate of drug-likeness (QED) is 0.482. The Kier molecular flexibility index (Phi) is 2.09. The summed E-state index contributed by atoms with van der Waals surface area (Å²) in [5.74, 6) is 0.929. The van der Waals surface area contributed by atoms with Crippen LogP contribution >= 0.6 is 11.6 Å². The lowest BCUT2D eigenvalue weighted by atomic mass is 10.2. The molecule has 0 N–H and O–H groups in total. The zero-order chi connectivity index (χ0) is 13.0. The van der Waals surface area contributed by atoms with Gasteiger partial charge in [-0.25, -0.2) is 9.97 Å². The first-order valence-electron chi connectivity index (χ1n) is 6.07. The lowest BCUT2D eigenvalue weighted by molar-refractivity contribution is 1.04. The summed E-state index contributed by atoms with van der Waals surface area (Å²) in [6.07, 6.45) is 0. The lowest BCUT2D eigenvalue weighted by Gasteiger charge is -2.05. The topological polar surface area (TPSA) is 30.2 Å². The minimum atomic E-state index is 0.701. The highest BCUT2D eigenvalue weighted by Crippen LogP contribution is 2.26. The third-order valence-electron chi connectivity index (χ3n) is 3.37. The number of rotatable bonds is 0. The van der Waals surface area contributed by atoms with Gasteiger partial charge in [-0.15, -0.1) is 0 Å². The summed E-state index contributed by atoms with van der Waals surface area (Å²) in [7, 11) is 0. The SMILES string of the molecule is Cc1nc2ccc(Cl)cc2c2nc3ccccc3n12. The smallest absolute Gasteiger partial charge is 0.148 e. The maximum atomic E-state index is 6.09. The number of nitrogens with zero attached hydrogens (tertiary/aromatic N) is 3. The van der Waals surface area contributed by atoms with Gasteiger partial charge in [0.2, 0.25) is 0 Å². The number of hydrogen-bond acceptors (Lipinski definition) is 2. The van der Waals surface area contributed by atoms with Crippen molar-refractivity contribution in [3.05, 3.63) is 53.3 Å². The van der Waals surface area contributed by atoms with Crippen molar-refractivity contribution in [2.24, 2.45) is 0 Å². The molecule has 0 atom stereocenters. The van der Waals surface area contributed by atoms with Gasteiger partial charge in [-0.05, 0) is 37.3 Å². The molecule has 0 saturated carbocycles. The molecule has 0 unspecified atom stereocenters. The molecule has 0 bridgehead atoms. The van der Waals surface area contributed by atoms with Crippen molar-refractivity contribution in [3.8, 4) is 0 Å². The molecule has 0 radical (unpaired) electrons. The van der Waals surface area contributed by atoms with Crippen LogP contribution in [0.5, 0.6) is 0 Å². The van der Waals surface area contributed by atoms with Crippen LogP contribution in [0.1, 0.15) is 5.82 Å². The van der Waals surface area contributed by atoms with Crippen LogP contribution in [0.3, 0.4) is 0 Å². The summed E-state index contributed by atoms with van der Waals surface area (Å²) >= 11 is 6.09. The molecule has 0 aliphatic carbocycles. The first-order chi connectivity index (χ1) is 9.24. The lowest BCUT2D eigenvalue weighted by Crippen LogP contribution is -1.96. The van der Waals surface area contributed by atoms with Gasteiger partial charge in [0.25, 0.3) is 0 Å². The van der Waals surface area contributed by atoms with Crippen LogP contribution in [0.25, 0.3) is 27.6 Å². The van der Waals surface area contributed by atoms with Gasteiger partial charge in [0.15, 0.2) is 0 Å². The Bertz CT molecular complexity index is 940. The van der Waals surface area contributed by atoms with E-state index in [1.54, 1.807) is 0 Å². The minimum Gasteiger partial charge on any atom is -0.280 e. The molecular formula is C15H10ClN3. The fraction of sp³-hybridized carbons (Fsp3) is 0.0667. The molecule has 0 spiro atoms. The van der Waals surface area contributed by atoms with Gasteiger partial charge >= 0.3 is 0 Å². The third-order valence-corrected chi connectivity index (χ3v) is 3.60. The third kappa shape index (κ3) is 1.45. The molecule has 4 rings (SSSR count). The highest BCUT2D eigenvalue weighted by atomic mass is 35.5. The van der Waals surface area contributed by atoms with Crippen molar-refractivity contribution in [2.75, 3.05) is 0 Å². The van der Waals surface area contributed by atoms with Crippen LogP contribution < -0.4 is 0 Å². The van der Waals surface area contributed by atoms with Gasteiger partial charge in [0, 0.05) is 10.4 Å². The van der Waals surface area contributed by atoms with E-state index in [1.165, 1.54) is 0 Å². The minimum absolute atomic E-state index is 0.701. The van der Waals surface area contributed by atoms with Crippen LogP contribution in [-0.2, 0) is 0 Å². The van der Waals surface area contributed by atoms with Crippen LogP contribution in [0.4, 0.5) is 0 Å². The number of halogens is 1. The second-order valence-corrected chi connectivity index (χ2v) is 5.02. The Morgan fingerprint density at radius 3 is 2.74 bits per heavy atom. The van der Waals surface area contributed by atoms with E-state index in [4.69, 9.17) is 16.6 Å². The molecule has 2 heterocycles. The fourth-order valence-electron chi connectivity index (χ4n) is 2.54. The molecular weight excluding hydrogens is 258 g/mol. The van der Waals surface area contributed by atoms with E-state index in [-0.39, 0.29) is 0 Å². The second-order valence-electron chi connectivity index (χ2n) is 4.58. The Balaban J connectivity index is 2.35. The predicted octanol–water partition coefficient (Wildman–Crippen LogP) is 4.00. The molecule has 0 aliphatic rings. The first-order valence-corrected chi connectivity index (χ1v) is 6.45. The normalized spacial score (nSPS) is 11.7. The standard InChI is InChI=1S/C15H10ClN3/c1-9-17-12-7-6-10(16)8-11(12)15-18-13-4-2-3-5-14(13)19(9)15/h2-8H,1H3. The highest BCUT2D eigenvalue weighted by Gasteiger charge is 2.11. The van der Waals surface area contributed by atoms with E-state index in [0.717, 1.165) is 33.4 Å². The van der Waals surface area contributed by atoms with Crippen molar-refractivity contribution in [2.45, 2.75) is 6.92 Å². The van der Waals surface area contributed by atoms with Gasteiger partial charge in [-0.2, -0.15) is 0 Å². The molecule has 0 amide bonds. The van der Waals surface area contributed by atoms with E-state index in [9.17, 15) is 0 Å². The number of aryl methyl sites for hydroxylation is 1. The van der Waals surface area contributed by atoms with E-state index in [2.05, 4.69) is 15.5 Å². The molecule has 0 saturated heterocycles. The van der Waals surface area contributed by atoms with E-state index < -0.39 is 0 Å². The summed E-state index contributed by atoms with van der Waals surface area (Å²) in [6.45, 7) is 2.00. The molecule has 2 aromatic heterocycles. The molecule has 2 aromatic carbocycles. The van der Waals surface area contributed by atoms with Crippen molar-refractivity contribution < 1.29 is 0 Å². The number of hydrogen-bond donors (Lipinski definition) is 0. The molecule has 92 valence electrons. The van der Waals surface area contributed by atoms with Crippen LogP contribution in [0, 0.1) is 6.92 Å². The molecule has 0 fully saturated rings. The van der Waals surface area contributed by atoms with Gasteiger partial charge in [-0.3, -0.25) is 4.40 Å². The summed E-state index contributed by atoms with van der Waals surface area (Å²) in [4.78, 5) is 9.34. The van der Waals surface area contributed by atoms with Crippen molar-refractivity contribution in [1.82, 2.24) is 14.4 Å². The van der Waals surface area contributed by atoms with Gasteiger partial charge in [-0.1, -0.05) is 23.7 Å². The van der Waals surface area contributed by atoms with E-state index in [1.807, 2.05) is 43.3 Å². The van der Waals surface area contributed by atoms with Gasteiger partial charge in [0.1, 0.15) is 11.5 Å². The molecule has 0 aliphatic heterocycles. The van der Waals surface area contributed by atoms with E-state index in [0.29, 0.717) is 5.02 Å². The maximum absolute atomic E-state index is 6.09.